The van der Waals surface area contributed by atoms with Gasteiger partial charge in [0.15, 0.2) is 5.11 Å². The molecule has 42 heavy (non-hydrogen) atoms. The predicted octanol–water partition coefficient (Wildman–Crippen LogP) is 5.31. The Morgan fingerprint density at radius 3 is 2.33 bits per heavy atom. The molecule has 5 rings (SSSR count). The number of carbonyl (C=O) groups is 2. The van der Waals surface area contributed by atoms with Crippen molar-refractivity contribution in [2.45, 2.75) is 50.2 Å². The number of ether oxygens (including phenoxy) is 2. The van der Waals surface area contributed by atoms with Gasteiger partial charge < -0.3 is 29.9 Å². The van der Waals surface area contributed by atoms with Gasteiger partial charge in [-0.2, -0.15) is 0 Å². The maximum Gasteiger partial charge on any atom is 0.250 e. The van der Waals surface area contributed by atoms with E-state index in [0.29, 0.717) is 48.2 Å². The van der Waals surface area contributed by atoms with Crippen LogP contribution in [-0.4, -0.2) is 59.6 Å². The first-order valence-electron chi connectivity index (χ1n) is 14.4. The van der Waals surface area contributed by atoms with Gasteiger partial charge in [0.25, 0.3) is 0 Å². The van der Waals surface area contributed by atoms with Crippen molar-refractivity contribution in [1.82, 2.24) is 15.1 Å². The van der Waals surface area contributed by atoms with E-state index in [1.54, 1.807) is 37.3 Å². The van der Waals surface area contributed by atoms with Crippen molar-refractivity contribution in [3.63, 3.8) is 0 Å². The highest BCUT2D eigenvalue weighted by atomic mass is 32.1. The first-order valence-corrected chi connectivity index (χ1v) is 14.8. The second-order valence-corrected chi connectivity index (χ2v) is 11.3. The molecular formula is C33H38N4O4S. The van der Waals surface area contributed by atoms with Crippen molar-refractivity contribution in [3.05, 3.63) is 90.0 Å². The van der Waals surface area contributed by atoms with Gasteiger partial charge in [-0.3, -0.25) is 9.59 Å². The molecule has 0 radical (unpaired) electrons. The molecule has 1 saturated carbocycles. The lowest BCUT2D eigenvalue weighted by molar-refractivity contribution is -0.149. The van der Waals surface area contributed by atoms with E-state index in [0.717, 1.165) is 30.4 Å². The van der Waals surface area contributed by atoms with E-state index >= 15 is 0 Å². The number of amides is 2. The molecule has 220 valence electrons. The van der Waals surface area contributed by atoms with Crippen molar-refractivity contribution < 1.29 is 19.1 Å². The molecule has 8 nitrogen and oxygen atoms in total. The minimum atomic E-state index is -1.02. The van der Waals surface area contributed by atoms with E-state index in [4.69, 9.17) is 21.7 Å². The van der Waals surface area contributed by atoms with Gasteiger partial charge >= 0.3 is 0 Å². The number of nitrogens with zero attached hydrogens (tertiary/aromatic N) is 2. The molecule has 0 bridgehead atoms. The summed E-state index contributed by atoms with van der Waals surface area (Å²) in [6.45, 7) is 0.988. The van der Waals surface area contributed by atoms with Crippen LogP contribution in [0.2, 0.25) is 0 Å². The van der Waals surface area contributed by atoms with E-state index in [2.05, 4.69) is 22.8 Å². The fourth-order valence-corrected chi connectivity index (χ4v) is 6.27. The summed E-state index contributed by atoms with van der Waals surface area (Å²) in [5.74, 6) is 0.784. The summed E-state index contributed by atoms with van der Waals surface area (Å²) in [7, 11) is 3.14. The van der Waals surface area contributed by atoms with Crippen molar-refractivity contribution in [2.75, 3.05) is 32.6 Å². The van der Waals surface area contributed by atoms with Crippen LogP contribution in [0.1, 0.15) is 49.3 Å². The molecule has 2 N–H and O–H groups in total. The van der Waals surface area contributed by atoms with Crippen LogP contribution in [0.4, 0.5) is 5.69 Å². The van der Waals surface area contributed by atoms with Crippen molar-refractivity contribution in [3.8, 4) is 11.5 Å². The maximum absolute atomic E-state index is 14.3. The fourth-order valence-electron chi connectivity index (χ4n) is 5.99. The third kappa shape index (κ3) is 6.36. The molecule has 1 heterocycles. The Labute approximate surface area is 253 Å². The van der Waals surface area contributed by atoms with Gasteiger partial charge in [0.2, 0.25) is 11.8 Å². The zero-order chi connectivity index (χ0) is 29.5. The normalized spacial score (nSPS) is 17.7. The lowest BCUT2D eigenvalue weighted by atomic mass is 9.78. The zero-order valence-electron chi connectivity index (χ0n) is 24.2. The van der Waals surface area contributed by atoms with Gasteiger partial charge in [-0.25, -0.2) is 0 Å². The Kier molecular flexibility index (Phi) is 9.27. The molecule has 1 saturated heterocycles. The Hall–Kier alpha value is -4.11. The van der Waals surface area contributed by atoms with Crippen LogP contribution in [0, 0.1) is 0 Å². The number of anilines is 1. The average molecular weight is 587 g/mol. The predicted molar refractivity (Wildman–Crippen MR) is 167 cm³/mol. The van der Waals surface area contributed by atoms with Crippen LogP contribution in [-0.2, 0) is 16.1 Å². The summed E-state index contributed by atoms with van der Waals surface area (Å²) in [4.78, 5) is 32.4. The highest BCUT2D eigenvalue weighted by Gasteiger charge is 2.47. The maximum atomic E-state index is 14.3. The Morgan fingerprint density at radius 1 is 0.976 bits per heavy atom. The number of hydrogen-bond acceptors (Lipinski definition) is 5. The second-order valence-electron chi connectivity index (χ2n) is 10.9. The number of hydrogen-bond donors (Lipinski definition) is 2. The van der Waals surface area contributed by atoms with Crippen molar-refractivity contribution in [2.24, 2.45) is 0 Å². The summed E-state index contributed by atoms with van der Waals surface area (Å²) in [5.41, 5.74) is 1.60. The number of carbonyl (C=O) groups excluding carboxylic acids is 2. The van der Waals surface area contributed by atoms with Crippen LogP contribution in [0.15, 0.2) is 78.9 Å². The van der Waals surface area contributed by atoms with Gasteiger partial charge in [0, 0.05) is 19.2 Å². The summed E-state index contributed by atoms with van der Waals surface area (Å²) in [5, 5.41) is 7.02. The molecule has 0 unspecified atom stereocenters. The molecule has 2 amide bonds. The highest BCUT2D eigenvalue weighted by Crippen LogP contribution is 2.38. The van der Waals surface area contributed by atoms with E-state index in [1.165, 1.54) is 0 Å². The Bertz CT molecular complexity index is 1400. The minimum absolute atomic E-state index is 0.00329. The van der Waals surface area contributed by atoms with Gasteiger partial charge in [-0.05, 0) is 48.3 Å². The molecule has 1 aliphatic carbocycles. The number of nitrogens with one attached hydrogen (secondary N) is 2. The van der Waals surface area contributed by atoms with E-state index in [-0.39, 0.29) is 24.4 Å². The van der Waals surface area contributed by atoms with Crippen LogP contribution < -0.4 is 20.1 Å². The van der Waals surface area contributed by atoms with Gasteiger partial charge in [0.1, 0.15) is 17.0 Å². The quantitative estimate of drug-likeness (QED) is 0.312. The molecule has 0 aromatic heterocycles. The average Bonchev–Trinajstić information content (AvgIpc) is 3.40. The van der Waals surface area contributed by atoms with E-state index in [1.807, 2.05) is 53.4 Å². The molecule has 0 spiro atoms. The lowest BCUT2D eigenvalue weighted by Gasteiger charge is -2.45. The molecule has 3 aromatic carbocycles. The van der Waals surface area contributed by atoms with E-state index in [9.17, 15) is 9.59 Å². The second kappa shape index (κ2) is 13.2. The van der Waals surface area contributed by atoms with Crippen molar-refractivity contribution in [1.29, 1.82) is 0 Å². The van der Waals surface area contributed by atoms with Crippen LogP contribution in [0.3, 0.4) is 0 Å². The smallest absolute Gasteiger partial charge is 0.250 e. The standard InChI is InChI=1S/C33H38N4O4S/c1-40-26-16-17-27(29(20-26)41-2)34-31(39)33(18-10-5-11-19-33)37(21-24-12-6-3-7-13-24)30(38)23-36-22-28(35-32(36)42)25-14-8-4-9-15-25/h3-4,6-9,12-17,20,28H,5,10-11,18-19,21-23H2,1-2H3,(H,34,39)(H,35,42)/t28-/m0/s1. The summed E-state index contributed by atoms with van der Waals surface area (Å²) in [6, 6.07) is 25.2. The number of thiocarbonyl (C=S) groups is 1. The topological polar surface area (TPSA) is 83.1 Å². The van der Waals surface area contributed by atoms with E-state index < -0.39 is 5.54 Å². The molecule has 3 aromatic rings. The highest BCUT2D eigenvalue weighted by molar-refractivity contribution is 7.80. The largest absolute Gasteiger partial charge is 0.497 e. The molecule has 2 fully saturated rings. The third-order valence-corrected chi connectivity index (χ3v) is 8.65. The zero-order valence-corrected chi connectivity index (χ0v) is 25.0. The Balaban J connectivity index is 1.44. The molecule has 1 atom stereocenters. The first kappa shape index (κ1) is 29.4. The number of rotatable bonds is 10. The molecule has 1 aliphatic heterocycles. The van der Waals surface area contributed by atoms with Gasteiger partial charge in [0.05, 0.1) is 32.5 Å². The molecule has 2 aliphatic rings. The minimum Gasteiger partial charge on any atom is -0.497 e. The number of benzene rings is 3. The fraction of sp³-hybridized carbons (Fsp3) is 0.364. The van der Waals surface area contributed by atoms with Gasteiger partial charge in [-0.1, -0.05) is 79.9 Å². The third-order valence-electron chi connectivity index (χ3n) is 8.28. The van der Waals surface area contributed by atoms with Gasteiger partial charge in [-0.15, -0.1) is 0 Å². The monoisotopic (exact) mass is 586 g/mol. The first-order chi connectivity index (χ1) is 20.4. The molecule has 9 heteroatoms. The lowest BCUT2D eigenvalue weighted by Crippen LogP contribution is -2.61. The summed E-state index contributed by atoms with van der Waals surface area (Å²) >= 11 is 5.66. The van der Waals surface area contributed by atoms with Crippen LogP contribution in [0.5, 0.6) is 11.5 Å². The van der Waals surface area contributed by atoms with Crippen molar-refractivity contribution >= 4 is 34.8 Å². The van der Waals surface area contributed by atoms with Crippen LogP contribution in [0.25, 0.3) is 0 Å². The van der Waals surface area contributed by atoms with Crippen LogP contribution >= 0.6 is 12.2 Å². The summed E-state index contributed by atoms with van der Waals surface area (Å²) in [6.07, 6.45) is 3.88. The SMILES string of the molecule is COc1ccc(NC(=O)C2(N(Cc3ccccc3)C(=O)CN3C[C@@H](c4ccccc4)NC3=S)CCCCC2)c(OC)c1. The molecular weight excluding hydrogens is 548 g/mol. The Morgan fingerprint density at radius 2 is 1.67 bits per heavy atom. The number of methoxy groups -OCH3 is 2. The summed E-state index contributed by atoms with van der Waals surface area (Å²) < 4.78 is 10.9.